The van der Waals surface area contributed by atoms with E-state index < -0.39 is 5.60 Å². The van der Waals surface area contributed by atoms with E-state index in [4.69, 9.17) is 4.74 Å². The fourth-order valence-electron chi connectivity index (χ4n) is 2.50. The summed E-state index contributed by atoms with van der Waals surface area (Å²) in [5.74, 6) is 0. The predicted octanol–water partition coefficient (Wildman–Crippen LogP) is 2.90. The monoisotopic (exact) mass is 311 g/mol. The van der Waals surface area contributed by atoms with Crippen molar-refractivity contribution in [1.82, 2.24) is 14.7 Å². The Morgan fingerprint density at radius 2 is 1.86 bits per heavy atom. The maximum Gasteiger partial charge on any atom is 0.410 e. The average molecular weight is 311 g/mol. The second-order valence-electron chi connectivity index (χ2n) is 7.00. The Morgan fingerprint density at radius 3 is 2.32 bits per heavy atom. The van der Waals surface area contributed by atoms with Gasteiger partial charge in [-0.05, 0) is 40.5 Å². The Hall–Kier alpha value is -1.72. The number of amides is 3. The largest absolute Gasteiger partial charge is 0.444 e. The van der Waals surface area contributed by atoms with Gasteiger partial charge in [0.1, 0.15) is 5.60 Å². The minimum absolute atomic E-state index is 0.0614. The molecule has 1 aliphatic rings. The van der Waals surface area contributed by atoms with Crippen molar-refractivity contribution in [2.24, 2.45) is 0 Å². The number of hydrogen-bond acceptors (Lipinski definition) is 3. The number of piperidine rings is 1. The van der Waals surface area contributed by atoms with E-state index in [1.807, 2.05) is 27.7 Å². The summed E-state index contributed by atoms with van der Waals surface area (Å²) in [5, 5.41) is 0. The molecule has 0 aromatic heterocycles. The van der Waals surface area contributed by atoms with Crippen molar-refractivity contribution in [2.45, 2.75) is 52.2 Å². The number of carbonyl (C=O) groups is 2. The minimum atomic E-state index is -0.516. The lowest BCUT2D eigenvalue weighted by molar-refractivity contribution is 0.0143. The highest BCUT2D eigenvalue weighted by atomic mass is 16.6. The molecule has 0 saturated carbocycles. The van der Waals surface area contributed by atoms with Gasteiger partial charge >= 0.3 is 12.1 Å². The van der Waals surface area contributed by atoms with Gasteiger partial charge in [0, 0.05) is 32.9 Å². The highest BCUT2D eigenvalue weighted by molar-refractivity contribution is 5.76. The van der Waals surface area contributed by atoms with Crippen LogP contribution in [0.25, 0.3) is 0 Å². The average Bonchev–Trinajstić information content (AvgIpc) is 2.36. The molecule has 0 bridgehead atoms. The SMILES string of the molecule is C=C(C)N(C(=O)N(C)C)C1CCCN(C(=O)OC(C)(C)C)C1. The molecule has 1 saturated heterocycles. The van der Waals surface area contributed by atoms with Crippen molar-refractivity contribution in [3.63, 3.8) is 0 Å². The molecule has 0 spiro atoms. The van der Waals surface area contributed by atoms with E-state index in [-0.39, 0.29) is 18.2 Å². The van der Waals surface area contributed by atoms with Crippen molar-refractivity contribution in [3.05, 3.63) is 12.3 Å². The molecule has 0 aromatic rings. The molecule has 3 amide bonds. The number of nitrogens with zero attached hydrogens (tertiary/aromatic N) is 3. The topological polar surface area (TPSA) is 53.1 Å². The van der Waals surface area contributed by atoms with Gasteiger partial charge in [-0.1, -0.05) is 6.58 Å². The van der Waals surface area contributed by atoms with Crippen molar-refractivity contribution in [1.29, 1.82) is 0 Å². The molecule has 126 valence electrons. The van der Waals surface area contributed by atoms with Gasteiger partial charge in [-0.2, -0.15) is 0 Å². The summed E-state index contributed by atoms with van der Waals surface area (Å²) < 4.78 is 5.42. The maximum absolute atomic E-state index is 12.3. The lowest BCUT2D eigenvalue weighted by Gasteiger charge is -2.40. The van der Waals surface area contributed by atoms with Crippen molar-refractivity contribution >= 4 is 12.1 Å². The molecule has 1 rings (SSSR count). The highest BCUT2D eigenvalue weighted by Crippen LogP contribution is 2.22. The third-order valence-corrected chi connectivity index (χ3v) is 3.41. The zero-order chi connectivity index (χ0) is 17.1. The van der Waals surface area contributed by atoms with E-state index in [2.05, 4.69) is 6.58 Å². The molecule has 0 aromatic carbocycles. The molecule has 6 heteroatoms. The molecule has 1 unspecified atom stereocenters. The smallest absolute Gasteiger partial charge is 0.410 e. The zero-order valence-electron chi connectivity index (χ0n) is 14.7. The van der Waals surface area contributed by atoms with Crippen LogP contribution in [0.4, 0.5) is 9.59 Å². The lowest BCUT2D eigenvalue weighted by atomic mass is 10.0. The van der Waals surface area contributed by atoms with Crippen LogP contribution in [0.2, 0.25) is 0 Å². The summed E-state index contributed by atoms with van der Waals surface area (Å²) in [4.78, 5) is 29.5. The van der Waals surface area contributed by atoms with Gasteiger partial charge < -0.3 is 14.5 Å². The molecule has 0 aliphatic carbocycles. The van der Waals surface area contributed by atoms with Crippen LogP contribution in [0.15, 0.2) is 12.3 Å². The molecular weight excluding hydrogens is 282 g/mol. The van der Waals surface area contributed by atoms with Gasteiger partial charge in [-0.25, -0.2) is 9.59 Å². The number of urea groups is 1. The molecule has 6 nitrogen and oxygen atoms in total. The van der Waals surface area contributed by atoms with Crippen LogP contribution in [0, 0.1) is 0 Å². The molecule has 1 heterocycles. The normalized spacial score (nSPS) is 18.6. The third-order valence-electron chi connectivity index (χ3n) is 3.41. The summed E-state index contributed by atoms with van der Waals surface area (Å²) >= 11 is 0. The van der Waals surface area contributed by atoms with E-state index in [9.17, 15) is 9.59 Å². The summed E-state index contributed by atoms with van der Waals surface area (Å²) in [7, 11) is 3.43. The highest BCUT2D eigenvalue weighted by Gasteiger charge is 2.33. The Balaban J connectivity index is 2.82. The molecule has 1 fully saturated rings. The van der Waals surface area contributed by atoms with Gasteiger partial charge in [-0.15, -0.1) is 0 Å². The number of rotatable bonds is 2. The zero-order valence-corrected chi connectivity index (χ0v) is 14.7. The quantitative estimate of drug-likeness (QED) is 0.788. The van der Waals surface area contributed by atoms with Crippen LogP contribution in [0.1, 0.15) is 40.5 Å². The van der Waals surface area contributed by atoms with Crippen LogP contribution in [-0.2, 0) is 4.74 Å². The van der Waals surface area contributed by atoms with Crippen molar-refractivity contribution in [3.8, 4) is 0 Å². The van der Waals surface area contributed by atoms with E-state index in [1.165, 1.54) is 4.90 Å². The van der Waals surface area contributed by atoms with Crippen LogP contribution < -0.4 is 0 Å². The van der Waals surface area contributed by atoms with Crippen LogP contribution >= 0.6 is 0 Å². The molecule has 0 radical (unpaired) electrons. The summed E-state index contributed by atoms with van der Waals surface area (Å²) in [5.41, 5.74) is 0.173. The Morgan fingerprint density at radius 1 is 1.27 bits per heavy atom. The summed E-state index contributed by atoms with van der Waals surface area (Å²) in [6.07, 6.45) is 1.37. The van der Waals surface area contributed by atoms with E-state index in [0.717, 1.165) is 12.8 Å². The van der Waals surface area contributed by atoms with Gasteiger partial charge in [0.2, 0.25) is 0 Å². The van der Waals surface area contributed by atoms with E-state index >= 15 is 0 Å². The third kappa shape index (κ3) is 4.93. The Kier molecular flexibility index (Phi) is 5.85. The standard InChI is InChI=1S/C16H29N3O3/c1-12(2)19(14(20)17(6)7)13-9-8-10-18(11-13)15(21)22-16(3,4)5/h13H,1,8-11H2,2-7H3. The fraction of sp³-hybridized carbons (Fsp3) is 0.750. The number of allylic oxidation sites excluding steroid dienone is 1. The summed E-state index contributed by atoms with van der Waals surface area (Å²) in [6.45, 7) is 12.4. The first-order chi connectivity index (χ1) is 10.0. The first kappa shape index (κ1) is 18.3. The maximum atomic E-state index is 12.3. The fourth-order valence-corrected chi connectivity index (χ4v) is 2.50. The predicted molar refractivity (Wildman–Crippen MR) is 86.6 cm³/mol. The number of carbonyl (C=O) groups excluding carboxylic acids is 2. The van der Waals surface area contributed by atoms with Crippen LogP contribution in [0.3, 0.4) is 0 Å². The first-order valence-corrected chi connectivity index (χ1v) is 7.67. The Bertz CT molecular complexity index is 440. The molecule has 1 aliphatic heterocycles. The first-order valence-electron chi connectivity index (χ1n) is 7.67. The van der Waals surface area contributed by atoms with Gasteiger partial charge in [0.25, 0.3) is 0 Å². The van der Waals surface area contributed by atoms with Crippen molar-refractivity contribution in [2.75, 3.05) is 27.2 Å². The molecule has 1 atom stereocenters. The van der Waals surface area contributed by atoms with Crippen molar-refractivity contribution < 1.29 is 14.3 Å². The van der Waals surface area contributed by atoms with Gasteiger partial charge in [-0.3, -0.25) is 4.90 Å². The van der Waals surface area contributed by atoms with Crippen LogP contribution in [0.5, 0.6) is 0 Å². The molecule has 22 heavy (non-hydrogen) atoms. The van der Waals surface area contributed by atoms with Gasteiger partial charge in [0.05, 0.1) is 6.04 Å². The van der Waals surface area contributed by atoms with E-state index in [1.54, 1.807) is 23.9 Å². The summed E-state index contributed by atoms with van der Waals surface area (Å²) in [6, 6.07) is -0.169. The number of hydrogen-bond donors (Lipinski definition) is 0. The number of likely N-dealkylation sites (tertiary alicyclic amines) is 1. The number of ether oxygens (including phenoxy) is 1. The lowest BCUT2D eigenvalue weighted by Crippen LogP contribution is -2.53. The second kappa shape index (κ2) is 7.03. The second-order valence-corrected chi connectivity index (χ2v) is 7.00. The molecular formula is C16H29N3O3. The minimum Gasteiger partial charge on any atom is -0.444 e. The van der Waals surface area contributed by atoms with Gasteiger partial charge in [0.15, 0.2) is 0 Å². The van der Waals surface area contributed by atoms with Crippen LogP contribution in [-0.4, -0.2) is 65.7 Å². The van der Waals surface area contributed by atoms with E-state index in [0.29, 0.717) is 18.8 Å². The molecule has 0 N–H and O–H groups in total. The Labute approximate surface area is 133 Å².